The molecule has 2 aromatic carbocycles. The Morgan fingerprint density at radius 2 is 1.84 bits per heavy atom. The van der Waals surface area contributed by atoms with Crippen LogP contribution in [0.5, 0.6) is 5.75 Å². The monoisotopic (exact) mass is 442 g/mol. The highest BCUT2D eigenvalue weighted by atomic mass is 19.1. The summed E-state index contributed by atoms with van der Waals surface area (Å²) in [6, 6.07) is 11.9. The molecule has 32 heavy (non-hydrogen) atoms. The molecule has 0 bridgehead atoms. The van der Waals surface area contributed by atoms with Crippen LogP contribution in [-0.4, -0.2) is 42.6 Å². The van der Waals surface area contributed by atoms with E-state index in [4.69, 9.17) is 4.74 Å². The molecule has 6 nitrogen and oxygen atoms in total. The fraction of sp³-hybridized carbons (Fsp3) is 0.440. The molecule has 0 aromatic heterocycles. The first-order valence-electron chi connectivity index (χ1n) is 11.2. The number of anilines is 1. The Balaban J connectivity index is 1.43. The molecule has 0 saturated carbocycles. The SMILES string of the molecule is CCCOc1ccc(C(=O)CCC(=O)NCc2ccc(N3CCC(O)CC3)c(F)c2)cc1. The molecule has 1 amide bonds. The predicted octanol–water partition coefficient (Wildman–Crippen LogP) is 3.85. The first kappa shape index (κ1) is 23.7. The number of hydrogen-bond acceptors (Lipinski definition) is 5. The summed E-state index contributed by atoms with van der Waals surface area (Å²) in [6.07, 6.45) is 2.05. The maximum atomic E-state index is 14.5. The summed E-state index contributed by atoms with van der Waals surface area (Å²) in [7, 11) is 0. The van der Waals surface area contributed by atoms with Crippen LogP contribution in [0, 0.1) is 5.82 Å². The molecule has 0 aliphatic carbocycles. The second-order valence-electron chi connectivity index (χ2n) is 8.08. The second-order valence-corrected chi connectivity index (χ2v) is 8.08. The smallest absolute Gasteiger partial charge is 0.220 e. The van der Waals surface area contributed by atoms with Gasteiger partial charge in [-0.1, -0.05) is 13.0 Å². The molecule has 3 rings (SSSR count). The molecular weight excluding hydrogens is 411 g/mol. The molecule has 1 saturated heterocycles. The third-order valence-electron chi connectivity index (χ3n) is 5.54. The average Bonchev–Trinajstić information content (AvgIpc) is 2.81. The molecule has 2 aromatic rings. The van der Waals surface area contributed by atoms with E-state index >= 15 is 0 Å². The number of aliphatic hydroxyl groups excluding tert-OH is 1. The normalized spacial score (nSPS) is 14.3. The largest absolute Gasteiger partial charge is 0.494 e. The lowest BCUT2D eigenvalue weighted by atomic mass is 10.1. The lowest BCUT2D eigenvalue weighted by molar-refractivity contribution is -0.121. The van der Waals surface area contributed by atoms with Gasteiger partial charge in [0.15, 0.2) is 5.78 Å². The number of aliphatic hydroxyl groups is 1. The fourth-order valence-electron chi connectivity index (χ4n) is 3.64. The van der Waals surface area contributed by atoms with Gasteiger partial charge in [-0.05, 0) is 61.2 Å². The zero-order valence-corrected chi connectivity index (χ0v) is 18.5. The number of amides is 1. The summed E-state index contributed by atoms with van der Waals surface area (Å²) in [5.41, 5.74) is 1.72. The minimum Gasteiger partial charge on any atom is -0.494 e. The maximum absolute atomic E-state index is 14.5. The van der Waals surface area contributed by atoms with Gasteiger partial charge < -0.3 is 20.1 Å². The van der Waals surface area contributed by atoms with E-state index in [0.29, 0.717) is 49.4 Å². The van der Waals surface area contributed by atoms with Crippen molar-refractivity contribution >= 4 is 17.4 Å². The number of ether oxygens (including phenoxy) is 1. The van der Waals surface area contributed by atoms with Crippen LogP contribution in [0.3, 0.4) is 0 Å². The van der Waals surface area contributed by atoms with Gasteiger partial charge in [0.05, 0.1) is 18.4 Å². The van der Waals surface area contributed by atoms with Crippen LogP contribution in [0.2, 0.25) is 0 Å². The number of ketones is 1. The van der Waals surface area contributed by atoms with E-state index in [9.17, 15) is 19.1 Å². The highest BCUT2D eigenvalue weighted by Gasteiger charge is 2.19. The second kappa shape index (κ2) is 11.6. The molecule has 0 spiro atoms. The Morgan fingerprint density at radius 3 is 2.50 bits per heavy atom. The highest BCUT2D eigenvalue weighted by molar-refractivity contribution is 5.98. The van der Waals surface area contributed by atoms with Gasteiger partial charge in [0.25, 0.3) is 0 Å². The lowest BCUT2D eigenvalue weighted by Gasteiger charge is -2.31. The van der Waals surface area contributed by atoms with Gasteiger partial charge in [0.1, 0.15) is 11.6 Å². The zero-order valence-electron chi connectivity index (χ0n) is 18.5. The molecule has 0 radical (unpaired) electrons. The average molecular weight is 443 g/mol. The van der Waals surface area contributed by atoms with E-state index in [1.165, 1.54) is 6.07 Å². The number of nitrogens with one attached hydrogen (secondary N) is 1. The predicted molar refractivity (Wildman–Crippen MR) is 121 cm³/mol. The zero-order chi connectivity index (χ0) is 22.9. The van der Waals surface area contributed by atoms with Crippen molar-refractivity contribution in [3.63, 3.8) is 0 Å². The van der Waals surface area contributed by atoms with Crippen molar-refractivity contribution < 1.29 is 23.8 Å². The first-order valence-corrected chi connectivity index (χ1v) is 11.2. The summed E-state index contributed by atoms with van der Waals surface area (Å²) in [6.45, 7) is 4.10. The Labute approximate surface area is 188 Å². The molecule has 1 aliphatic heterocycles. The number of Topliss-reactive ketones (excluding diaryl/α,β-unsaturated/α-hetero) is 1. The van der Waals surface area contributed by atoms with E-state index in [1.807, 2.05) is 11.8 Å². The van der Waals surface area contributed by atoms with Crippen molar-refractivity contribution in [1.29, 1.82) is 0 Å². The van der Waals surface area contributed by atoms with E-state index in [1.54, 1.807) is 36.4 Å². The quantitative estimate of drug-likeness (QED) is 0.547. The topological polar surface area (TPSA) is 78.9 Å². The fourth-order valence-corrected chi connectivity index (χ4v) is 3.64. The molecule has 7 heteroatoms. The number of halogens is 1. The maximum Gasteiger partial charge on any atom is 0.220 e. The number of carbonyl (C=O) groups excluding carboxylic acids is 2. The van der Waals surface area contributed by atoms with Gasteiger partial charge in [-0.3, -0.25) is 9.59 Å². The number of hydrogen-bond donors (Lipinski definition) is 2. The van der Waals surface area contributed by atoms with Crippen LogP contribution in [0.1, 0.15) is 54.9 Å². The van der Waals surface area contributed by atoms with E-state index in [2.05, 4.69) is 5.32 Å². The molecule has 2 N–H and O–H groups in total. The summed E-state index contributed by atoms with van der Waals surface area (Å²) < 4.78 is 20.0. The molecule has 172 valence electrons. The summed E-state index contributed by atoms with van der Waals surface area (Å²) >= 11 is 0. The molecular formula is C25H31FN2O4. The summed E-state index contributed by atoms with van der Waals surface area (Å²) in [4.78, 5) is 26.4. The summed E-state index contributed by atoms with van der Waals surface area (Å²) in [5, 5.41) is 12.4. The van der Waals surface area contributed by atoms with Crippen molar-refractivity contribution in [2.45, 2.75) is 51.7 Å². The van der Waals surface area contributed by atoms with Gasteiger partial charge in [-0.25, -0.2) is 4.39 Å². The van der Waals surface area contributed by atoms with Gasteiger partial charge in [-0.2, -0.15) is 0 Å². The number of carbonyl (C=O) groups is 2. The van der Waals surface area contributed by atoms with Crippen molar-refractivity contribution in [3.8, 4) is 5.75 Å². The molecule has 1 fully saturated rings. The van der Waals surface area contributed by atoms with E-state index in [0.717, 1.165) is 12.2 Å². The van der Waals surface area contributed by atoms with Gasteiger partial charge in [-0.15, -0.1) is 0 Å². The lowest BCUT2D eigenvalue weighted by Crippen LogP contribution is -2.36. The van der Waals surface area contributed by atoms with E-state index in [-0.39, 0.29) is 43.0 Å². The highest BCUT2D eigenvalue weighted by Crippen LogP contribution is 2.24. The van der Waals surface area contributed by atoms with Crippen molar-refractivity contribution in [3.05, 3.63) is 59.4 Å². The van der Waals surface area contributed by atoms with Gasteiger partial charge in [0, 0.05) is 38.0 Å². The third kappa shape index (κ3) is 6.79. The van der Waals surface area contributed by atoms with Gasteiger partial charge >= 0.3 is 0 Å². The number of nitrogens with zero attached hydrogens (tertiary/aromatic N) is 1. The molecule has 0 atom stereocenters. The van der Waals surface area contributed by atoms with Crippen LogP contribution in [0.4, 0.5) is 10.1 Å². The summed E-state index contributed by atoms with van der Waals surface area (Å²) in [5.74, 6) is 0.0203. The Morgan fingerprint density at radius 1 is 1.12 bits per heavy atom. The van der Waals surface area contributed by atoms with Crippen molar-refractivity contribution in [2.75, 3.05) is 24.6 Å². The minimum atomic E-state index is -0.338. The Kier molecular flexibility index (Phi) is 8.62. The van der Waals surface area contributed by atoms with Crippen molar-refractivity contribution in [2.24, 2.45) is 0 Å². The van der Waals surface area contributed by atoms with Crippen LogP contribution in [0.15, 0.2) is 42.5 Å². The van der Waals surface area contributed by atoms with Crippen LogP contribution >= 0.6 is 0 Å². The van der Waals surface area contributed by atoms with Crippen LogP contribution in [0.25, 0.3) is 0 Å². The van der Waals surface area contributed by atoms with Crippen LogP contribution in [-0.2, 0) is 11.3 Å². The first-order chi connectivity index (χ1) is 15.5. The minimum absolute atomic E-state index is 0.0730. The van der Waals surface area contributed by atoms with Crippen LogP contribution < -0.4 is 15.0 Å². The number of piperidine rings is 1. The number of rotatable bonds is 10. The van der Waals surface area contributed by atoms with Crippen molar-refractivity contribution in [1.82, 2.24) is 5.32 Å². The third-order valence-corrected chi connectivity index (χ3v) is 5.54. The molecule has 1 aliphatic rings. The van der Waals surface area contributed by atoms with E-state index < -0.39 is 0 Å². The Hall–Kier alpha value is -2.93. The van der Waals surface area contributed by atoms with Gasteiger partial charge in [0.2, 0.25) is 5.91 Å². The molecule has 1 heterocycles. The Bertz CT molecular complexity index is 909. The molecule has 0 unspecified atom stereocenters. The standard InChI is InChI=1S/C25H31FN2O4/c1-2-15-32-21-6-4-19(5-7-21)24(30)9-10-25(31)27-17-18-3-8-23(22(26)16-18)28-13-11-20(29)12-14-28/h3-8,16,20,29H,2,9-15,17H2,1H3,(H,27,31). The number of benzene rings is 2.